The van der Waals surface area contributed by atoms with Crippen molar-refractivity contribution in [3.05, 3.63) is 182 Å². The van der Waals surface area contributed by atoms with E-state index in [1.807, 2.05) is 48.7 Å². The summed E-state index contributed by atoms with van der Waals surface area (Å²) >= 11 is 0. The average molecular weight is 667 g/mol. The van der Waals surface area contributed by atoms with Crippen LogP contribution in [0.1, 0.15) is 0 Å². The molecule has 0 radical (unpaired) electrons. The van der Waals surface area contributed by atoms with Crippen LogP contribution in [0.15, 0.2) is 182 Å². The molecule has 0 spiro atoms. The number of hydrogen-bond acceptors (Lipinski definition) is 6. The van der Waals surface area contributed by atoms with Crippen molar-refractivity contribution in [2.45, 2.75) is 0 Å². The predicted octanol–water partition coefficient (Wildman–Crippen LogP) is 10.9. The molecule has 6 heteroatoms. The second-order valence-corrected chi connectivity index (χ2v) is 12.3. The van der Waals surface area contributed by atoms with Crippen molar-refractivity contribution < 1.29 is 0 Å². The molecule has 244 valence electrons. The summed E-state index contributed by atoms with van der Waals surface area (Å²) in [5, 5.41) is 1.06. The molecular formula is C46H30N6. The molecule has 6 nitrogen and oxygen atoms in total. The summed E-state index contributed by atoms with van der Waals surface area (Å²) in [6, 6.07) is 56.1. The smallest absolute Gasteiger partial charge is 0.182 e. The molecule has 0 N–H and O–H groups in total. The number of fused-ring (bicyclic) bond motifs is 1. The number of benzene rings is 5. The molecule has 0 atom stereocenters. The molecule has 0 amide bonds. The van der Waals surface area contributed by atoms with E-state index in [-0.39, 0.29) is 0 Å². The quantitative estimate of drug-likeness (QED) is 0.168. The zero-order valence-electron chi connectivity index (χ0n) is 28.0. The van der Waals surface area contributed by atoms with Crippen molar-refractivity contribution in [3.8, 4) is 78.9 Å². The minimum Gasteiger partial charge on any atom is -0.256 e. The molecular weight excluding hydrogens is 637 g/mol. The SMILES string of the molecule is c1ccc(-c2cccc(-c3ccc(-c4nc(-c5ccccn5)nc(-c5ccccn5)n4)cc3-c3cccc4cccnc34)c2-c2ccccc2)cc1. The van der Waals surface area contributed by atoms with Crippen molar-refractivity contribution in [2.24, 2.45) is 0 Å². The van der Waals surface area contributed by atoms with Gasteiger partial charge in [-0.15, -0.1) is 0 Å². The summed E-state index contributed by atoms with van der Waals surface area (Å²) in [7, 11) is 0. The van der Waals surface area contributed by atoms with Crippen LogP contribution in [-0.4, -0.2) is 29.9 Å². The highest BCUT2D eigenvalue weighted by molar-refractivity contribution is 6.03. The first-order chi connectivity index (χ1) is 25.8. The lowest BCUT2D eigenvalue weighted by Crippen LogP contribution is -2.02. The third-order valence-corrected chi connectivity index (χ3v) is 9.13. The van der Waals surface area contributed by atoms with Crippen molar-refractivity contribution in [3.63, 3.8) is 0 Å². The van der Waals surface area contributed by atoms with E-state index in [2.05, 4.69) is 131 Å². The summed E-state index contributed by atoms with van der Waals surface area (Å²) < 4.78 is 0. The Morgan fingerprint density at radius 1 is 0.308 bits per heavy atom. The van der Waals surface area contributed by atoms with Gasteiger partial charge in [-0.2, -0.15) is 0 Å². The van der Waals surface area contributed by atoms with Gasteiger partial charge in [-0.05, 0) is 75.3 Å². The minimum atomic E-state index is 0.477. The van der Waals surface area contributed by atoms with Crippen LogP contribution in [0.3, 0.4) is 0 Å². The van der Waals surface area contributed by atoms with Gasteiger partial charge in [0.05, 0.1) is 5.52 Å². The van der Waals surface area contributed by atoms with Gasteiger partial charge in [0.25, 0.3) is 0 Å². The molecule has 4 heterocycles. The van der Waals surface area contributed by atoms with E-state index in [0.717, 1.165) is 61.0 Å². The van der Waals surface area contributed by atoms with Gasteiger partial charge >= 0.3 is 0 Å². The second kappa shape index (κ2) is 13.6. The molecule has 52 heavy (non-hydrogen) atoms. The van der Waals surface area contributed by atoms with Gasteiger partial charge in [0, 0.05) is 35.1 Å². The van der Waals surface area contributed by atoms with Crippen molar-refractivity contribution in [2.75, 3.05) is 0 Å². The van der Waals surface area contributed by atoms with Gasteiger partial charge in [0.1, 0.15) is 11.4 Å². The Bertz CT molecular complexity index is 2600. The van der Waals surface area contributed by atoms with Gasteiger partial charge in [0.15, 0.2) is 17.5 Å². The van der Waals surface area contributed by atoms with E-state index in [9.17, 15) is 0 Å². The molecule has 4 aromatic heterocycles. The maximum atomic E-state index is 4.99. The molecule has 5 aromatic carbocycles. The van der Waals surface area contributed by atoms with E-state index in [0.29, 0.717) is 28.9 Å². The number of para-hydroxylation sites is 1. The molecule has 9 aromatic rings. The van der Waals surface area contributed by atoms with Crippen LogP contribution >= 0.6 is 0 Å². The summed E-state index contributed by atoms with van der Waals surface area (Å²) in [6.45, 7) is 0. The minimum absolute atomic E-state index is 0.477. The van der Waals surface area contributed by atoms with Gasteiger partial charge in [-0.25, -0.2) is 15.0 Å². The van der Waals surface area contributed by atoms with Gasteiger partial charge in [0.2, 0.25) is 0 Å². The van der Waals surface area contributed by atoms with Crippen LogP contribution in [-0.2, 0) is 0 Å². The lowest BCUT2D eigenvalue weighted by Gasteiger charge is -2.20. The lowest BCUT2D eigenvalue weighted by atomic mass is 9.84. The molecule has 0 unspecified atom stereocenters. The van der Waals surface area contributed by atoms with E-state index in [4.69, 9.17) is 19.9 Å². The standard InChI is InChI=1S/C46H30N6/c1-3-14-31(15-4-1)35-20-12-21-37(42(35)32-16-5-2-6-17-32)36-26-25-34(30-39(36)38-22-11-18-33-19-13-29-49-43(33)38)44-50-45(40-23-7-9-27-47-40)52-46(51-44)41-24-8-10-28-48-41/h1-30H. The topological polar surface area (TPSA) is 77.3 Å². The maximum Gasteiger partial charge on any atom is 0.182 e. The van der Waals surface area contributed by atoms with Crippen molar-refractivity contribution >= 4 is 10.9 Å². The number of rotatable bonds is 7. The normalized spacial score (nSPS) is 11.1. The first kappa shape index (κ1) is 30.8. The molecule has 0 aliphatic carbocycles. The third-order valence-electron chi connectivity index (χ3n) is 9.13. The van der Waals surface area contributed by atoms with Crippen LogP contribution in [0.25, 0.3) is 89.8 Å². The third kappa shape index (κ3) is 5.88. The van der Waals surface area contributed by atoms with E-state index in [1.54, 1.807) is 12.4 Å². The molecule has 0 aliphatic heterocycles. The first-order valence-electron chi connectivity index (χ1n) is 17.1. The Morgan fingerprint density at radius 2 is 0.885 bits per heavy atom. The largest absolute Gasteiger partial charge is 0.256 e. The first-order valence-corrected chi connectivity index (χ1v) is 17.1. The Labute approximate surface area is 301 Å². The Hall–Kier alpha value is -7.18. The lowest BCUT2D eigenvalue weighted by molar-refractivity contribution is 1.05. The van der Waals surface area contributed by atoms with Crippen LogP contribution in [0.5, 0.6) is 0 Å². The summed E-state index contributed by atoms with van der Waals surface area (Å²) in [6.07, 6.45) is 5.34. The zero-order chi connectivity index (χ0) is 34.7. The van der Waals surface area contributed by atoms with Crippen LogP contribution in [0.4, 0.5) is 0 Å². The van der Waals surface area contributed by atoms with E-state index < -0.39 is 0 Å². The van der Waals surface area contributed by atoms with Crippen molar-refractivity contribution in [1.82, 2.24) is 29.9 Å². The molecule has 0 saturated carbocycles. The van der Waals surface area contributed by atoms with Crippen molar-refractivity contribution in [1.29, 1.82) is 0 Å². The number of aromatic nitrogens is 6. The summed E-state index contributed by atoms with van der Waals surface area (Å²) in [4.78, 5) is 28.8. The number of nitrogens with zero attached hydrogens (tertiary/aromatic N) is 6. The van der Waals surface area contributed by atoms with Crippen LogP contribution in [0.2, 0.25) is 0 Å². The molecule has 9 rings (SSSR count). The summed E-state index contributed by atoms with van der Waals surface area (Å²) in [5.74, 6) is 1.48. The van der Waals surface area contributed by atoms with Crippen LogP contribution < -0.4 is 0 Å². The summed E-state index contributed by atoms with van der Waals surface area (Å²) in [5.41, 5.74) is 11.9. The van der Waals surface area contributed by atoms with Gasteiger partial charge in [-0.1, -0.05) is 127 Å². The fourth-order valence-corrected chi connectivity index (χ4v) is 6.74. The zero-order valence-corrected chi connectivity index (χ0v) is 28.0. The highest BCUT2D eigenvalue weighted by atomic mass is 15.1. The predicted molar refractivity (Wildman–Crippen MR) is 209 cm³/mol. The molecule has 0 bridgehead atoms. The van der Waals surface area contributed by atoms with Gasteiger partial charge in [-0.3, -0.25) is 15.0 Å². The fraction of sp³-hybridized carbons (Fsp3) is 0. The number of pyridine rings is 3. The van der Waals surface area contributed by atoms with E-state index in [1.165, 1.54) is 0 Å². The van der Waals surface area contributed by atoms with E-state index >= 15 is 0 Å². The van der Waals surface area contributed by atoms with Crippen LogP contribution in [0, 0.1) is 0 Å². The highest BCUT2D eigenvalue weighted by Gasteiger charge is 2.21. The van der Waals surface area contributed by atoms with Gasteiger partial charge < -0.3 is 0 Å². The monoisotopic (exact) mass is 666 g/mol. The number of hydrogen-bond donors (Lipinski definition) is 0. The maximum absolute atomic E-state index is 4.99. The second-order valence-electron chi connectivity index (χ2n) is 12.3. The fourth-order valence-electron chi connectivity index (χ4n) is 6.74. The Balaban J connectivity index is 1.32. The Kier molecular flexibility index (Phi) is 8.08. The molecule has 0 fully saturated rings. The molecule has 0 aliphatic rings. The molecule has 0 saturated heterocycles. The average Bonchev–Trinajstić information content (AvgIpc) is 3.24. The highest BCUT2D eigenvalue weighted by Crippen LogP contribution is 2.45. The Morgan fingerprint density at radius 3 is 1.58 bits per heavy atom.